The molecule has 116 valence electrons. The lowest BCUT2D eigenvalue weighted by molar-refractivity contribution is 0.365. The molecule has 1 aliphatic carbocycles. The Balaban J connectivity index is 1.89. The van der Waals surface area contributed by atoms with E-state index in [0.717, 1.165) is 18.4 Å². The third kappa shape index (κ3) is 3.33. The molecule has 3 rings (SSSR count). The summed E-state index contributed by atoms with van der Waals surface area (Å²) >= 11 is 12.2. The zero-order valence-electron chi connectivity index (χ0n) is 12.1. The Bertz CT molecular complexity index is 657. The van der Waals surface area contributed by atoms with Crippen LogP contribution < -0.4 is 5.32 Å². The summed E-state index contributed by atoms with van der Waals surface area (Å²) in [6, 6.07) is 7.81. The van der Waals surface area contributed by atoms with Gasteiger partial charge in [0, 0.05) is 5.02 Å². The van der Waals surface area contributed by atoms with Crippen molar-refractivity contribution in [3.63, 3.8) is 0 Å². The van der Waals surface area contributed by atoms with Crippen LogP contribution in [0.3, 0.4) is 0 Å². The van der Waals surface area contributed by atoms with Gasteiger partial charge in [0.25, 0.3) is 0 Å². The van der Waals surface area contributed by atoms with Crippen LogP contribution in [0.15, 0.2) is 30.6 Å². The van der Waals surface area contributed by atoms with Gasteiger partial charge in [-0.25, -0.2) is 14.4 Å². The average molecular weight is 340 g/mol. The molecule has 1 saturated carbocycles. The number of nitrogens with zero attached hydrogens (tertiary/aromatic N) is 2. The zero-order chi connectivity index (χ0) is 15.7. The minimum absolute atomic E-state index is 0.0902. The second-order valence-electron chi connectivity index (χ2n) is 5.55. The minimum Gasteiger partial charge on any atom is -0.362 e. The lowest BCUT2D eigenvalue weighted by atomic mass is 10.0. The normalized spacial score (nSPS) is 17.1. The van der Waals surface area contributed by atoms with Gasteiger partial charge in [-0.2, -0.15) is 0 Å². The van der Waals surface area contributed by atoms with Crippen molar-refractivity contribution >= 4 is 29.0 Å². The van der Waals surface area contributed by atoms with Crippen molar-refractivity contribution < 1.29 is 4.39 Å². The topological polar surface area (TPSA) is 37.8 Å². The summed E-state index contributed by atoms with van der Waals surface area (Å²) in [7, 11) is 0. The summed E-state index contributed by atoms with van der Waals surface area (Å²) in [6.45, 7) is 1.41. The van der Waals surface area contributed by atoms with Crippen LogP contribution in [0.1, 0.15) is 43.2 Å². The second-order valence-corrected chi connectivity index (χ2v) is 6.36. The number of alkyl halides is 1. The Kier molecular flexibility index (Phi) is 4.50. The molecule has 1 fully saturated rings. The number of hydrogen-bond acceptors (Lipinski definition) is 3. The van der Waals surface area contributed by atoms with Crippen molar-refractivity contribution in [1.82, 2.24) is 9.97 Å². The predicted octanol–water partition coefficient (Wildman–Crippen LogP) is 5.38. The third-order valence-corrected chi connectivity index (χ3v) is 4.43. The largest absolute Gasteiger partial charge is 0.362 e. The van der Waals surface area contributed by atoms with Crippen LogP contribution in [0.5, 0.6) is 0 Å². The van der Waals surface area contributed by atoms with Crippen molar-refractivity contribution in [2.75, 3.05) is 5.32 Å². The quantitative estimate of drug-likeness (QED) is 0.794. The fourth-order valence-corrected chi connectivity index (χ4v) is 2.91. The van der Waals surface area contributed by atoms with Gasteiger partial charge in [-0.15, -0.1) is 0 Å². The van der Waals surface area contributed by atoms with Gasteiger partial charge in [0.1, 0.15) is 23.3 Å². The van der Waals surface area contributed by atoms with E-state index < -0.39 is 6.17 Å². The summed E-state index contributed by atoms with van der Waals surface area (Å²) in [4.78, 5) is 8.08. The van der Waals surface area contributed by atoms with Crippen molar-refractivity contribution in [1.29, 1.82) is 0 Å². The van der Waals surface area contributed by atoms with Crippen LogP contribution in [0.25, 0.3) is 0 Å². The molecule has 0 spiro atoms. The highest BCUT2D eigenvalue weighted by atomic mass is 35.5. The maximum Gasteiger partial charge on any atom is 0.149 e. The molecule has 1 heterocycles. The van der Waals surface area contributed by atoms with Gasteiger partial charge in [-0.3, -0.25) is 0 Å². The van der Waals surface area contributed by atoms with Gasteiger partial charge >= 0.3 is 0 Å². The van der Waals surface area contributed by atoms with Crippen LogP contribution in [-0.2, 0) is 0 Å². The lowest BCUT2D eigenvalue weighted by Crippen LogP contribution is -2.15. The van der Waals surface area contributed by atoms with Crippen molar-refractivity contribution in [2.24, 2.45) is 5.92 Å². The molecule has 1 aliphatic rings. The van der Waals surface area contributed by atoms with E-state index in [0.29, 0.717) is 16.8 Å². The van der Waals surface area contributed by atoms with Gasteiger partial charge in [0.2, 0.25) is 0 Å². The van der Waals surface area contributed by atoms with Crippen molar-refractivity contribution in [2.45, 2.75) is 32.0 Å². The lowest BCUT2D eigenvalue weighted by Gasteiger charge is -2.21. The van der Waals surface area contributed by atoms with E-state index in [1.165, 1.54) is 13.3 Å². The second kappa shape index (κ2) is 6.39. The van der Waals surface area contributed by atoms with Gasteiger partial charge < -0.3 is 5.32 Å². The predicted molar refractivity (Wildman–Crippen MR) is 87.1 cm³/mol. The first-order valence-electron chi connectivity index (χ1n) is 7.22. The fourth-order valence-electron chi connectivity index (χ4n) is 2.48. The molecular formula is C16H16Cl2FN3. The third-order valence-electron chi connectivity index (χ3n) is 3.81. The number of aromatic nitrogens is 2. The number of hydrogen-bond donors (Lipinski definition) is 1. The molecule has 0 bridgehead atoms. The van der Waals surface area contributed by atoms with E-state index in [2.05, 4.69) is 15.3 Å². The fraction of sp³-hybridized carbons (Fsp3) is 0.375. The molecule has 0 aliphatic heterocycles. The molecule has 2 atom stereocenters. The van der Waals surface area contributed by atoms with Crippen molar-refractivity contribution in [3.8, 4) is 0 Å². The van der Waals surface area contributed by atoms with Crippen molar-refractivity contribution in [3.05, 3.63) is 51.9 Å². The standard InChI is InChI=1S/C16H16Cl2FN3/c1-9(19)14-13(18)16(21-8-20-14)22-15(10-2-3-10)11-4-6-12(17)7-5-11/h4-10,15H,2-3H2,1H3,(H,20,21,22). The van der Waals surface area contributed by atoms with Crippen LogP contribution in [0.4, 0.5) is 10.2 Å². The minimum atomic E-state index is -1.23. The summed E-state index contributed by atoms with van der Waals surface area (Å²) in [6.07, 6.45) is 2.40. The molecule has 2 unspecified atom stereocenters. The van der Waals surface area contributed by atoms with E-state index in [4.69, 9.17) is 23.2 Å². The zero-order valence-corrected chi connectivity index (χ0v) is 13.6. The van der Waals surface area contributed by atoms with Crippen LogP contribution >= 0.6 is 23.2 Å². The van der Waals surface area contributed by atoms with E-state index in [1.54, 1.807) is 0 Å². The van der Waals surface area contributed by atoms with Crippen LogP contribution in [-0.4, -0.2) is 9.97 Å². The Labute approximate surface area is 138 Å². The Morgan fingerprint density at radius 3 is 2.45 bits per heavy atom. The summed E-state index contributed by atoms with van der Waals surface area (Å²) in [5, 5.41) is 4.30. The average Bonchev–Trinajstić information content (AvgIpc) is 3.32. The first-order chi connectivity index (χ1) is 10.6. The summed E-state index contributed by atoms with van der Waals surface area (Å²) < 4.78 is 13.5. The van der Waals surface area contributed by atoms with Gasteiger partial charge in [-0.05, 0) is 43.4 Å². The monoisotopic (exact) mass is 339 g/mol. The molecular weight excluding hydrogens is 324 g/mol. The van der Waals surface area contributed by atoms with Gasteiger partial charge in [0.05, 0.1) is 11.7 Å². The number of rotatable bonds is 5. The molecule has 1 aromatic carbocycles. The number of anilines is 1. The SMILES string of the molecule is CC(F)c1ncnc(NC(c2ccc(Cl)cc2)C2CC2)c1Cl. The molecule has 2 aromatic rings. The Morgan fingerprint density at radius 1 is 1.18 bits per heavy atom. The highest BCUT2D eigenvalue weighted by molar-refractivity contribution is 6.33. The maximum absolute atomic E-state index is 13.5. The van der Waals surface area contributed by atoms with Gasteiger partial charge in [0.15, 0.2) is 0 Å². The van der Waals surface area contributed by atoms with Crippen LogP contribution in [0.2, 0.25) is 10.0 Å². The van der Waals surface area contributed by atoms with E-state index in [9.17, 15) is 4.39 Å². The molecule has 1 N–H and O–H groups in total. The number of halogens is 3. The Morgan fingerprint density at radius 2 is 1.86 bits per heavy atom. The summed E-state index contributed by atoms with van der Waals surface area (Å²) in [5.74, 6) is 1.00. The Hall–Kier alpha value is -1.39. The molecule has 22 heavy (non-hydrogen) atoms. The highest BCUT2D eigenvalue weighted by Crippen LogP contribution is 2.44. The maximum atomic E-state index is 13.5. The number of nitrogens with one attached hydrogen (secondary N) is 1. The first-order valence-corrected chi connectivity index (χ1v) is 7.98. The molecule has 0 amide bonds. The first kappa shape index (κ1) is 15.5. The molecule has 0 radical (unpaired) electrons. The molecule has 1 aromatic heterocycles. The molecule has 6 heteroatoms. The van der Waals surface area contributed by atoms with Crippen LogP contribution in [0, 0.1) is 5.92 Å². The molecule has 0 saturated heterocycles. The molecule has 3 nitrogen and oxygen atoms in total. The van der Waals surface area contributed by atoms with Gasteiger partial charge in [-0.1, -0.05) is 35.3 Å². The number of benzene rings is 1. The summed E-state index contributed by atoms with van der Waals surface area (Å²) in [5.41, 5.74) is 1.33. The highest BCUT2D eigenvalue weighted by Gasteiger charge is 2.33. The smallest absolute Gasteiger partial charge is 0.149 e. The van der Waals surface area contributed by atoms with E-state index in [-0.39, 0.29) is 16.8 Å². The van der Waals surface area contributed by atoms with E-state index >= 15 is 0 Å². The van der Waals surface area contributed by atoms with E-state index in [1.807, 2.05) is 24.3 Å².